The van der Waals surface area contributed by atoms with Gasteiger partial charge in [0.1, 0.15) is 11.0 Å². The average molecular weight is 295 g/mol. The minimum atomic E-state index is -0.434. The van der Waals surface area contributed by atoms with Crippen molar-refractivity contribution in [2.75, 3.05) is 0 Å². The van der Waals surface area contributed by atoms with Crippen molar-refractivity contribution in [3.05, 3.63) is 46.1 Å². The van der Waals surface area contributed by atoms with Crippen molar-refractivity contribution in [1.29, 1.82) is 0 Å². The van der Waals surface area contributed by atoms with Crippen LogP contribution < -0.4 is 4.74 Å². The summed E-state index contributed by atoms with van der Waals surface area (Å²) in [5, 5.41) is 0.326. The van der Waals surface area contributed by atoms with Gasteiger partial charge in [-0.05, 0) is 31.5 Å². The van der Waals surface area contributed by atoms with Crippen molar-refractivity contribution >= 4 is 11.6 Å². The lowest BCUT2D eigenvalue weighted by Gasteiger charge is -2.12. The summed E-state index contributed by atoms with van der Waals surface area (Å²) in [6.07, 6.45) is 0. The topological polar surface area (TPSA) is 35.0 Å². The molecule has 0 N–H and O–H groups in total. The number of rotatable bonds is 3. The molecule has 0 aliphatic rings. The molecule has 0 saturated heterocycles. The lowest BCUT2D eigenvalue weighted by molar-refractivity contribution is 0.420. The highest BCUT2D eigenvalue weighted by molar-refractivity contribution is 6.30. The van der Waals surface area contributed by atoms with E-state index < -0.39 is 5.82 Å². The summed E-state index contributed by atoms with van der Waals surface area (Å²) in [6.45, 7) is 7.52. The molecule has 0 unspecified atom stereocenters. The number of halogens is 2. The second-order valence-electron chi connectivity index (χ2n) is 4.99. The Bertz CT molecular complexity index is 644. The Hall–Kier alpha value is -1.68. The lowest BCUT2D eigenvalue weighted by atomic mass is 10.2. The zero-order valence-electron chi connectivity index (χ0n) is 11.9. The fraction of sp³-hybridized carbons (Fsp3) is 0.333. The first-order valence-corrected chi connectivity index (χ1v) is 6.74. The molecule has 0 fully saturated rings. The number of benzene rings is 1. The van der Waals surface area contributed by atoms with E-state index in [1.165, 1.54) is 6.07 Å². The molecule has 0 saturated carbocycles. The summed E-state index contributed by atoms with van der Waals surface area (Å²) < 4.78 is 19.3. The maximum Gasteiger partial charge on any atom is 0.227 e. The molecule has 1 heterocycles. The average Bonchev–Trinajstić information content (AvgIpc) is 2.38. The number of nitrogens with zero attached hydrogens (tertiary/aromatic N) is 2. The van der Waals surface area contributed by atoms with Gasteiger partial charge in [-0.1, -0.05) is 31.5 Å². The van der Waals surface area contributed by atoms with Gasteiger partial charge in [-0.15, -0.1) is 0 Å². The second kappa shape index (κ2) is 5.75. The van der Waals surface area contributed by atoms with Crippen LogP contribution in [0.3, 0.4) is 0 Å². The number of hydrogen-bond acceptors (Lipinski definition) is 3. The third-order valence-corrected chi connectivity index (χ3v) is 3.24. The number of aryl methyl sites for hydroxylation is 1. The molecule has 0 radical (unpaired) electrons. The maximum atomic E-state index is 13.7. The quantitative estimate of drug-likeness (QED) is 0.763. The van der Waals surface area contributed by atoms with E-state index in [0.29, 0.717) is 22.4 Å². The first-order valence-electron chi connectivity index (χ1n) is 6.36. The molecule has 3 nitrogen and oxygen atoms in total. The van der Waals surface area contributed by atoms with E-state index in [-0.39, 0.29) is 11.7 Å². The van der Waals surface area contributed by atoms with Crippen molar-refractivity contribution in [1.82, 2.24) is 9.97 Å². The van der Waals surface area contributed by atoms with Crippen LogP contribution in [0.5, 0.6) is 11.6 Å². The van der Waals surface area contributed by atoms with E-state index in [2.05, 4.69) is 9.97 Å². The number of aromatic nitrogens is 2. The van der Waals surface area contributed by atoms with Crippen LogP contribution in [-0.2, 0) is 0 Å². The van der Waals surface area contributed by atoms with E-state index >= 15 is 0 Å². The molecular formula is C15H16ClFN2O. The highest BCUT2D eigenvalue weighted by Crippen LogP contribution is 2.30. The second-order valence-corrected chi connectivity index (χ2v) is 5.35. The van der Waals surface area contributed by atoms with Gasteiger partial charge in [0.2, 0.25) is 5.88 Å². The summed E-state index contributed by atoms with van der Waals surface area (Å²) in [7, 11) is 0. The fourth-order valence-electron chi connectivity index (χ4n) is 1.64. The van der Waals surface area contributed by atoms with Crippen molar-refractivity contribution in [2.24, 2.45) is 0 Å². The highest BCUT2D eigenvalue weighted by atomic mass is 35.5. The van der Waals surface area contributed by atoms with Crippen LogP contribution in [0.15, 0.2) is 18.2 Å². The van der Waals surface area contributed by atoms with E-state index in [1.807, 2.05) is 20.8 Å². The molecule has 20 heavy (non-hydrogen) atoms. The normalized spacial score (nSPS) is 10.9. The van der Waals surface area contributed by atoms with Gasteiger partial charge in [0.15, 0.2) is 11.6 Å². The Kier molecular flexibility index (Phi) is 4.23. The van der Waals surface area contributed by atoms with Crippen LogP contribution in [0.1, 0.15) is 36.7 Å². The van der Waals surface area contributed by atoms with Crippen LogP contribution >= 0.6 is 11.6 Å². The summed E-state index contributed by atoms with van der Waals surface area (Å²) in [6, 6.07) is 4.67. The Morgan fingerprint density at radius 2 is 1.90 bits per heavy atom. The summed E-state index contributed by atoms with van der Waals surface area (Å²) >= 11 is 6.08. The SMILES string of the molecule is Cc1ccc(F)c(Oc2nc(C(C)C)nc(Cl)c2C)c1. The molecule has 0 aliphatic carbocycles. The van der Waals surface area contributed by atoms with Crippen molar-refractivity contribution in [3.8, 4) is 11.6 Å². The van der Waals surface area contributed by atoms with Crippen LogP contribution in [0.2, 0.25) is 5.15 Å². The smallest absolute Gasteiger partial charge is 0.227 e. The first-order chi connectivity index (χ1) is 9.38. The molecule has 0 atom stereocenters. The molecule has 0 aliphatic heterocycles. The Balaban J connectivity index is 2.45. The van der Waals surface area contributed by atoms with E-state index in [9.17, 15) is 4.39 Å². The Labute approximate surface area is 122 Å². The van der Waals surface area contributed by atoms with Gasteiger partial charge >= 0.3 is 0 Å². The van der Waals surface area contributed by atoms with E-state index in [1.54, 1.807) is 19.1 Å². The van der Waals surface area contributed by atoms with Gasteiger partial charge in [0.25, 0.3) is 0 Å². The molecular weight excluding hydrogens is 279 g/mol. The number of hydrogen-bond donors (Lipinski definition) is 0. The standard InChI is InChI=1S/C15H16ClFN2O/c1-8(2)14-18-13(16)10(4)15(19-14)20-12-7-9(3)5-6-11(12)17/h5-8H,1-4H3. The lowest BCUT2D eigenvalue weighted by Crippen LogP contribution is -2.03. The number of ether oxygens (including phenoxy) is 1. The minimum Gasteiger partial charge on any atom is -0.435 e. The minimum absolute atomic E-state index is 0.109. The molecule has 0 spiro atoms. The van der Waals surface area contributed by atoms with Crippen LogP contribution in [-0.4, -0.2) is 9.97 Å². The third-order valence-electron chi connectivity index (χ3n) is 2.87. The largest absolute Gasteiger partial charge is 0.435 e. The molecule has 0 bridgehead atoms. The summed E-state index contributed by atoms with van der Waals surface area (Å²) in [5.74, 6) is 0.674. The molecule has 1 aromatic carbocycles. The maximum absolute atomic E-state index is 13.7. The van der Waals surface area contributed by atoms with Crippen molar-refractivity contribution in [3.63, 3.8) is 0 Å². The van der Waals surface area contributed by atoms with Gasteiger partial charge in [0.05, 0.1) is 0 Å². The molecule has 106 valence electrons. The Morgan fingerprint density at radius 3 is 2.55 bits per heavy atom. The fourth-order valence-corrected chi connectivity index (χ4v) is 1.80. The predicted octanol–water partition coefficient (Wildman–Crippen LogP) is 4.80. The predicted molar refractivity (Wildman–Crippen MR) is 77.1 cm³/mol. The molecule has 0 amide bonds. The van der Waals surface area contributed by atoms with Crippen LogP contribution in [0.25, 0.3) is 0 Å². The van der Waals surface area contributed by atoms with Gasteiger partial charge in [-0.2, -0.15) is 4.98 Å². The summed E-state index contributed by atoms with van der Waals surface area (Å²) in [5.41, 5.74) is 1.50. The highest BCUT2D eigenvalue weighted by Gasteiger charge is 2.15. The van der Waals surface area contributed by atoms with Crippen molar-refractivity contribution in [2.45, 2.75) is 33.6 Å². The molecule has 2 rings (SSSR count). The van der Waals surface area contributed by atoms with Gasteiger partial charge in [-0.25, -0.2) is 9.37 Å². The van der Waals surface area contributed by atoms with Gasteiger partial charge in [0, 0.05) is 11.5 Å². The molecule has 1 aromatic heterocycles. The van der Waals surface area contributed by atoms with E-state index in [4.69, 9.17) is 16.3 Å². The Morgan fingerprint density at radius 1 is 1.20 bits per heavy atom. The summed E-state index contributed by atoms with van der Waals surface area (Å²) in [4.78, 5) is 8.51. The van der Waals surface area contributed by atoms with Crippen LogP contribution in [0.4, 0.5) is 4.39 Å². The monoisotopic (exact) mass is 294 g/mol. The van der Waals surface area contributed by atoms with Gasteiger partial charge < -0.3 is 4.74 Å². The van der Waals surface area contributed by atoms with E-state index in [0.717, 1.165) is 5.56 Å². The molecule has 2 aromatic rings. The zero-order chi connectivity index (χ0) is 14.9. The zero-order valence-corrected chi connectivity index (χ0v) is 12.6. The third kappa shape index (κ3) is 3.07. The van der Waals surface area contributed by atoms with Gasteiger partial charge in [-0.3, -0.25) is 0 Å². The van der Waals surface area contributed by atoms with Crippen molar-refractivity contribution < 1.29 is 9.13 Å². The van der Waals surface area contributed by atoms with Crippen LogP contribution in [0, 0.1) is 19.7 Å². The first kappa shape index (κ1) is 14.7. The molecule has 5 heteroatoms.